The largest absolute Gasteiger partial charge is 0.208 e. The lowest BCUT2D eigenvalue weighted by molar-refractivity contribution is 0.722. The van der Waals surface area contributed by atoms with E-state index in [2.05, 4.69) is 103 Å². The minimum Gasteiger partial charge on any atom is -0.208 e. The van der Waals surface area contributed by atoms with Crippen LogP contribution in [0.15, 0.2) is 180 Å². The molecule has 0 fully saturated rings. The highest BCUT2D eigenvalue weighted by atomic mass is 32.2. The summed E-state index contributed by atoms with van der Waals surface area (Å²) in [4.78, 5) is 17.8. The molecule has 10 rings (SSSR count). The quantitative estimate of drug-likeness (QED) is 0.185. The molecule has 52 heavy (non-hydrogen) atoms. The normalized spacial score (nSPS) is 13.1. The predicted molar refractivity (Wildman–Crippen MR) is 208 cm³/mol. The zero-order valence-corrected chi connectivity index (χ0v) is 28.7. The zero-order valence-electron chi connectivity index (χ0n) is 27.9. The number of rotatable bonds is 4. The van der Waals surface area contributed by atoms with Gasteiger partial charge in [0, 0.05) is 26.5 Å². The summed E-state index contributed by atoms with van der Waals surface area (Å²) in [6.07, 6.45) is 0. The van der Waals surface area contributed by atoms with Crippen LogP contribution < -0.4 is 0 Å². The Morgan fingerprint density at radius 1 is 0.404 bits per heavy atom. The highest BCUT2D eigenvalue weighted by Gasteiger charge is 2.50. The van der Waals surface area contributed by atoms with Crippen LogP contribution in [0.2, 0.25) is 0 Å². The molecule has 242 valence electrons. The zero-order chi connectivity index (χ0) is 34.6. The van der Waals surface area contributed by atoms with E-state index in [0.29, 0.717) is 23.0 Å². The van der Waals surface area contributed by atoms with Crippen LogP contribution in [-0.2, 0) is 5.41 Å². The van der Waals surface area contributed by atoms with Gasteiger partial charge in [-0.2, -0.15) is 5.26 Å². The van der Waals surface area contributed by atoms with E-state index in [1.165, 1.54) is 43.2 Å². The fourth-order valence-corrected chi connectivity index (χ4v) is 9.18. The topological polar surface area (TPSA) is 62.5 Å². The van der Waals surface area contributed by atoms with Crippen LogP contribution in [-0.4, -0.2) is 15.0 Å². The Kier molecular flexibility index (Phi) is 6.99. The van der Waals surface area contributed by atoms with E-state index >= 15 is 0 Å². The lowest BCUT2D eigenvalue weighted by atomic mass is 9.67. The molecule has 5 heteroatoms. The first kappa shape index (κ1) is 30.2. The van der Waals surface area contributed by atoms with Gasteiger partial charge in [0.2, 0.25) is 0 Å². The number of nitrogens with zero attached hydrogens (tertiary/aromatic N) is 4. The Labute approximate surface area is 306 Å². The molecule has 0 N–H and O–H groups in total. The maximum Gasteiger partial charge on any atom is 0.164 e. The maximum atomic E-state index is 9.83. The Hall–Kier alpha value is -6.61. The van der Waals surface area contributed by atoms with E-state index in [4.69, 9.17) is 15.0 Å². The summed E-state index contributed by atoms with van der Waals surface area (Å²) in [6.45, 7) is 0. The first-order valence-corrected chi connectivity index (χ1v) is 18.1. The molecule has 0 saturated carbocycles. The first-order chi connectivity index (χ1) is 25.7. The molecule has 7 aromatic carbocycles. The number of benzene rings is 7. The molecule has 0 atom stereocenters. The molecular formula is C47H28N4S. The minimum atomic E-state index is -0.499. The standard InChI is InChI=1S/C47H28N4S/c48-29-34-15-4-5-18-35(34)31-16-12-17-32(27-31)45-49-44(30-13-2-1-3-14-30)50-46(51-45)33-25-26-43-41(28-33)47(40-23-10-11-24-42(40)52-43)38-21-8-6-19-36(38)37-20-7-9-22-39(37)47/h1-28H. The van der Waals surface area contributed by atoms with E-state index in [0.717, 1.165) is 27.8 Å². The predicted octanol–water partition coefficient (Wildman–Crippen LogP) is 11.2. The SMILES string of the molecule is N#Cc1ccccc1-c1cccc(-c2nc(-c3ccccc3)nc(-c3ccc4c(c3)C3(c5ccccc5S4)c4ccccc4-c4ccccc43)n2)c1. The first-order valence-electron chi connectivity index (χ1n) is 17.3. The van der Waals surface area contributed by atoms with Crippen LogP contribution in [0.25, 0.3) is 56.4 Å². The molecule has 0 unspecified atom stereocenters. The van der Waals surface area contributed by atoms with Crippen molar-refractivity contribution in [2.24, 2.45) is 0 Å². The van der Waals surface area contributed by atoms with E-state index in [-0.39, 0.29) is 0 Å². The van der Waals surface area contributed by atoms with E-state index in [9.17, 15) is 5.26 Å². The van der Waals surface area contributed by atoms with Crippen molar-refractivity contribution >= 4 is 11.8 Å². The Balaban J connectivity index is 1.20. The summed E-state index contributed by atoms with van der Waals surface area (Å²) in [6, 6.07) is 61.4. The lowest BCUT2D eigenvalue weighted by Gasteiger charge is -2.39. The van der Waals surface area contributed by atoms with Gasteiger partial charge >= 0.3 is 0 Å². The van der Waals surface area contributed by atoms with Gasteiger partial charge in [-0.15, -0.1) is 0 Å². The molecule has 8 aromatic rings. The van der Waals surface area contributed by atoms with Crippen molar-refractivity contribution in [1.82, 2.24) is 15.0 Å². The molecular weight excluding hydrogens is 653 g/mol. The van der Waals surface area contributed by atoms with Crippen molar-refractivity contribution in [3.05, 3.63) is 198 Å². The summed E-state index contributed by atoms with van der Waals surface area (Å²) in [7, 11) is 0. The number of hydrogen-bond acceptors (Lipinski definition) is 5. The summed E-state index contributed by atoms with van der Waals surface area (Å²) in [5.74, 6) is 1.78. The van der Waals surface area contributed by atoms with E-state index in [1.54, 1.807) is 0 Å². The van der Waals surface area contributed by atoms with Gasteiger partial charge in [0.25, 0.3) is 0 Å². The van der Waals surface area contributed by atoms with Gasteiger partial charge in [-0.1, -0.05) is 151 Å². The van der Waals surface area contributed by atoms with E-state index < -0.39 is 5.41 Å². The van der Waals surface area contributed by atoms with Crippen molar-refractivity contribution in [1.29, 1.82) is 5.26 Å². The van der Waals surface area contributed by atoms with Crippen molar-refractivity contribution in [3.63, 3.8) is 0 Å². The van der Waals surface area contributed by atoms with Gasteiger partial charge in [-0.05, 0) is 74.8 Å². The Morgan fingerprint density at radius 2 is 0.923 bits per heavy atom. The number of nitriles is 1. The van der Waals surface area contributed by atoms with Gasteiger partial charge < -0.3 is 0 Å². The monoisotopic (exact) mass is 680 g/mol. The highest BCUT2D eigenvalue weighted by molar-refractivity contribution is 7.99. The fourth-order valence-electron chi connectivity index (χ4n) is 8.00. The molecule has 4 nitrogen and oxygen atoms in total. The average Bonchev–Trinajstić information content (AvgIpc) is 3.51. The average molecular weight is 681 g/mol. The summed E-state index contributed by atoms with van der Waals surface area (Å²) in [5, 5.41) is 9.83. The van der Waals surface area contributed by atoms with Crippen LogP contribution in [0.5, 0.6) is 0 Å². The molecule has 2 heterocycles. The fraction of sp³-hybridized carbons (Fsp3) is 0.0213. The second kappa shape index (κ2) is 12.0. The molecule has 1 spiro atoms. The smallest absolute Gasteiger partial charge is 0.164 e. The maximum absolute atomic E-state index is 9.83. The second-order valence-corrected chi connectivity index (χ2v) is 14.1. The molecule has 0 amide bonds. The number of hydrogen-bond donors (Lipinski definition) is 0. The van der Waals surface area contributed by atoms with Gasteiger partial charge in [-0.25, -0.2) is 15.0 Å². The van der Waals surface area contributed by atoms with Gasteiger partial charge in [0.1, 0.15) is 0 Å². The van der Waals surface area contributed by atoms with E-state index in [1.807, 2.05) is 84.6 Å². The summed E-state index contributed by atoms with van der Waals surface area (Å²) >= 11 is 1.82. The van der Waals surface area contributed by atoms with Crippen LogP contribution in [0.3, 0.4) is 0 Å². The van der Waals surface area contributed by atoms with Gasteiger partial charge in [-0.3, -0.25) is 0 Å². The van der Waals surface area contributed by atoms with Crippen molar-refractivity contribution in [2.45, 2.75) is 15.2 Å². The minimum absolute atomic E-state index is 0.499. The summed E-state index contributed by atoms with van der Waals surface area (Å²) < 4.78 is 0. The third-order valence-electron chi connectivity index (χ3n) is 10.3. The molecule has 1 aliphatic carbocycles. The third kappa shape index (κ3) is 4.59. The van der Waals surface area contributed by atoms with Crippen molar-refractivity contribution in [3.8, 4) is 62.5 Å². The third-order valence-corrected chi connectivity index (χ3v) is 11.4. The lowest BCUT2D eigenvalue weighted by Crippen LogP contribution is -2.32. The number of aromatic nitrogens is 3. The second-order valence-electron chi connectivity index (χ2n) is 13.1. The van der Waals surface area contributed by atoms with Crippen LogP contribution in [0.4, 0.5) is 0 Å². The molecule has 0 saturated heterocycles. The van der Waals surface area contributed by atoms with Crippen molar-refractivity contribution in [2.75, 3.05) is 0 Å². The van der Waals surface area contributed by atoms with Crippen LogP contribution in [0.1, 0.15) is 27.8 Å². The number of fused-ring (bicyclic) bond motifs is 9. The Bertz CT molecular complexity index is 2700. The van der Waals surface area contributed by atoms with Gasteiger partial charge in [0.05, 0.1) is 17.0 Å². The molecule has 0 bridgehead atoms. The molecule has 1 aliphatic heterocycles. The Morgan fingerprint density at radius 3 is 1.63 bits per heavy atom. The molecule has 2 aliphatic rings. The molecule has 1 aromatic heterocycles. The molecule has 0 radical (unpaired) electrons. The highest BCUT2D eigenvalue weighted by Crippen LogP contribution is 2.62. The van der Waals surface area contributed by atoms with Crippen molar-refractivity contribution < 1.29 is 0 Å². The van der Waals surface area contributed by atoms with Gasteiger partial charge in [0.15, 0.2) is 17.5 Å². The van der Waals surface area contributed by atoms with Crippen LogP contribution in [0, 0.1) is 11.3 Å². The van der Waals surface area contributed by atoms with Crippen LogP contribution >= 0.6 is 11.8 Å². The summed E-state index contributed by atoms with van der Waals surface area (Å²) in [5.41, 5.74) is 12.2.